The van der Waals surface area contributed by atoms with Crippen LogP contribution in [-0.2, 0) is 13.0 Å². The third-order valence-corrected chi connectivity index (χ3v) is 5.61. The van der Waals surface area contributed by atoms with E-state index < -0.39 is 11.7 Å². The Labute approximate surface area is 158 Å². The van der Waals surface area contributed by atoms with Crippen LogP contribution in [0.15, 0.2) is 30.3 Å². The smallest absolute Gasteiger partial charge is 0.265 e. The largest absolute Gasteiger partial charge is 0.319 e. The van der Waals surface area contributed by atoms with Crippen molar-refractivity contribution in [1.82, 2.24) is 14.8 Å². The summed E-state index contributed by atoms with van der Waals surface area (Å²) in [6.07, 6.45) is 4.24. The number of carbonyl (C=O) groups is 1. The van der Waals surface area contributed by atoms with E-state index in [9.17, 15) is 9.18 Å². The van der Waals surface area contributed by atoms with Crippen molar-refractivity contribution in [3.8, 4) is 11.4 Å². The van der Waals surface area contributed by atoms with E-state index in [1.807, 2.05) is 0 Å². The number of halogens is 2. The molecule has 8 heteroatoms. The number of nitrogens with zero attached hydrogens (tertiary/aromatic N) is 3. The molecule has 5 nitrogen and oxygen atoms in total. The summed E-state index contributed by atoms with van der Waals surface area (Å²) in [5.74, 6) is 0.774. The number of rotatable bonds is 3. The third-order valence-electron chi connectivity index (χ3n) is 4.38. The maximum absolute atomic E-state index is 14.2. The first-order valence-electron chi connectivity index (χ1n) is 8.40. The van der Waals surface area contributed by atoms with Gasteiger partial charge in [-0.25, -0.2) is 4.39 Å². The van der Waals surface area contributed by atoms with E-state index in [1.165, 1.54) is 6.07 Å². The number of aryl methyl sites for hydroxylation is 1. The predicted molar refractivity (Wildman–Crippen MR) is 100 cm³/mol. The molecule has 0 spiro atoms. The molecule has 0 unspecified atom stereocenters. The Balaban J connectivity index is 1.64. The van der Waals surface area contributed by atoms with Crippen molar-refractivity contribution in [2.24, 2.45) is 0 Å². The number of thiophene rings is 1. The van der Waals surface area contributed by atoms with Gasteiger partial charge in [-0.1, -0.05) is 18.0 Å². The average molecular weight is 391 g/mol. The van der Waals surface area contributed by atoms with Gasteiger partial charge < -0.3 is 9.88 Å². The first-order valence-corrected chi connectivity index (χ1v) is 9.60. The lowest BCUT2D eigenvalue weighted by molar-refractivity contribution is 0.103. The number of carbonyl (C=O) groups excluding carboxylic acids is 1. The number of amides is 1. The molecule has 26 heavy (non-hydrogen) atoms. The highest BCUT2D eigenvalue weighted by molar-refractivity contribution is 7.18. The van der Waals surface area contributed by atoms with Crippen molar-refractivity contribution in [2.75, 3.05) is 5.32 Å². The van der Waals surface area contributed by atoms with Gasteiger partial charge in [0.25, 0.3) is 5.91 Å². The SMILES string of the molecule is O=C(Nc1cc(-c2nnc3n2CCCCC3)ccc1F)c1ccc(Cl)s1. The zero-order valence-corrected chi connectivity index (χ0v) is 15.4. The van der Waals surface area contributed by atoms with Crippen LogP contribution in [0.1, 0.15) is 34.8 Å². The van der Waals surface area contributed by atoms with E-state index in [0.717, 1.165) is 55.0 Å². The predicted octanol–water partition coefficient (Wildman–Crippen LogP) is 4.78. The number of aromatic nitrogens is 3. The van der Waals surface area contributed by atoms with Crippen molar-refractivity contribution in [3.63, 3.8) is 0 Å². The Kier molecular flexibility index (Phi) is 4.74. The molecule has 0 saturated heterocycles. The van der Waals surface area contributed by atoms with Crippen LogP contribution in [0.4, 0.5) is 10.1 Å². The van der Waals surface area contributed by atoms with Gasteiger partial charge in [-0.3, -0.25) is 4.79 Å². The number of benzene rings is 1. The standard InChI is InChI=1S/C18H16ClFN4OS/c19-15-8-7-14(26-15)18(25)21-13-10-11(5-6-12(13)20)17-23-22-16-4-2-1-3-9-24(16)17/h5-8,10H,1-4,9H2,(H,21,25). The Morgan fingerprint density at radius 1 is 1.19 bits per heavy atom. The van der Waals surface area contributed by atoms with Gasteiger partial charge in [-0.2, -0.15) is 0 Å². The average Bonchev–Trinajstić information content (AvgIpc) is 3.17. The molecule has 0 bridgehead atoms. The second-order valence-corrected chi connectivity index (χ2v) is 7.87. The molecule has 1 aliphatic rings. The molecule has 0 radical (unpaired) electrons. The summed E-state index contributed by atoms with van der Waals surface area (Å²) in [6, 6.07) is 7.85. The summed E-state index contributed by atoms with van der Waals surface area (Å²) in [5.41, 5.74) is 0.842. The number of hydrogen-bond acceptors (Lipinski definition) is 4. The molecule has 0 saturated carbocycles. The zero-order chi connectivity index (χ0) is 18.1. The topological polar surface area (TPSA) is 59.8 Å². The van der Waals surface area contributed by atoms with E-state index in [-0.39, 0.29) is 5.69 Å². The number of hydrogen-bond donors (Lipinski definition) is 1. The summed E-state index contributed by atoms with van der Waals surface area (Å²) in [6.45, 7) is 0.852. The van der Waals surface area contributed by atoms with Crippen molar-refractivity contribution >= 4 is 34.5 Å². The molecule has 1 N–H and O–H groups in total. The van der Waals surface area contributed by atoms with Gasteiger partial charge in [0.1, 0.15) is 11.6 Å². The maximum Gasteiger partial charge on any atom is 0.265 e. The minimum Gasteiger partial charge on any atom is -0.319 e. The van der Waals surface area contributed by atoms with Crippen LogP contribution in [0.5, 0.6) is 0 Å². The summed E-state index contributed by atoms with van der Waals surface area (Å²) in [5, 5.41) is 11.2. The molecule has 1 aromatic carbocycles. The first-order chi connectivity index (χ1) is 12.6. The van der Waals surface area contributed by atoms with Gasteiger partial charge in [0.2, 0.25) is 0 Å². The van der Waals surface area contributed by atoms with Gasteiger partial charge in [0.05, 0.1) is 14.9 Å². The van der Waals surface area contributed by atoms with Crippen LogP contribution < -0.4 is 5.32 Å². The molecule has 0 atom stereocenters. The molecular weight excluding hydrogens is 375 g/mol. The van der Waals surface area contributed by atoms with Gasteiger partial charge in [0, 0.05) is 18.5 Å². The van der Waals surface area contributed by atoms with Crippen LogP contribution in [0, 0.1) is 5.82 Å². The fourth-order valence-electron chi connectivity index (χ4n) is 3.08. The number of anilines is 1. The number of fused-ring (bicyclic) bond motifs is 1. The quantitative estimate of drug-likeness (QED) is 0.700. The summed E-state index contributed by atoms with van der Waals surface area (Å²) in [7, 11) is 0. The van der Waals surface area contributed by atoms with Crippen molar-refractivity contribution in [3.05, 3.63) is 51.2 Å². The van der Waals surface area contributed by atoms with Crippen LogP contribution in [-0.4, -0.2) is 20.7 Å². The second-order valence-electron chi connectivity index (χ2n) is 6.15. The van der Waals surface area contributed by atoms with E-state index in [4.69, 9.17) is 11.6 Å². The fraction of sp³-hybridized carbons (Fsp3) is 0.278. The van der Waals surface area contributed by atoms with E-state index in [0.29, 0.717) is 15.0 Å². The fourth-order valence-corrected chi connectivity index (χ4v) is 4.02. The molecule has 3 aromatic rings. The lowest BCUT2D eigenvalue weighted by Gasteiger charge is -2.10. The molecule has 0 aliphatic carbocycles. The van der Waals surface area contributed by atoms with E-state index in [2.05, 4.69) is 20.1 Å². The third kappa shape index (κ3) is 3.37. The van der Waals surface area contributed by atoms with E-state index >= 15 is 0 Å². The van der Waals surface area contributed by atoms with Crippen LogP contribution >= 0.6 is 22.9 Å². The Hall–Kier alpha value is -2.25. The van der Waals surface area contributed by atoms with Gasteiger partial charge in [0.15, 0.2) is 5.82 Å². The molecule has 0 fully saturated rings. The van der Waals surface area contributed by atoms with Crippen LogP contribution in [0.2, 0.25) is 4.34 Å². The minimum atomic E-state index is -0.500. The molecular formula is C18H16ClFN4OS. The van der Waals surface area contributed by atoms with Crippen molar-refractivity contribution in [1.29, 1.82) is 0 Å². The normalized spacial score (nSPS) is 13.9. The summed E-state index contributed by atoms with van der Waals surface area (Å²) < 4.78 is 16.8. The highest BCUT2D eigenvalue weighted by Crippen LogP contribution is 2.28. The van der Waals surface area contributed by atoms with Crippen LogP contribution in [0.3, 0.4) is 0 Å². The first kappa shape index (κ1) is 17.2. The Morgan fingerprint density at radius 2 is 2.08 bits per heavy atom. The van der Waals surface area contributed by atoms with Gasteiger partial charge in [-0.05, 0) is 43.2 Å². The maximum atomic E-state index is 14.2. The lowest BCUT2D eigenvalue weighted by atomic mass is 10.1. The summed E-state index contributed by atoms with van der Waals surface area (Å²) in [4.78, 5) is 12.7. The van der Waals surface area contributed by atoms with Gasteiger partial charge in [-0.15, -0.1) is 21.5 Å². The highest BCUT2D eigenvalue weighted by Gasteiger charge is 2.18. The number of nitrogens with one attached hydrogen (secondary N) is 1. The highest BCUT2D eigenvalue weighted by atomic mass is 35.5. The molecule has 3 heterocycles. The van der Waals surface area contributed by atoms with Crippen molar-refractivity contribution in [2.45, 2.75) is 32.2 Å². The van der Waals surface area contributed by atoms with E-state index in [1.54, 1.807) is 24.3 Å². The van der Waals surface area contributed by atoms with Gasteiger partial charge >= 0.3 is 0 Å². The zero-order valence-electron chi connectivity index (χ0n) is 13.8. The minimum absolute atomic E-state index is 0.114. The van der Waals surface area contributed by atoms with Crippen molar-refractivity contribution < 1.29 is 9.18 Å². The molecule has 2 aromatic heterocycles. The summed E-state index contributed by atoms with van der Waals surface area (Å²) >= 11 is 7.01. The molecule has 4 rings (SSSR count). The Morgan fingerprint density at radius 3 is 2.88 bits per heavy atom. The second kappa shape index (κ2) is 7.17. The Bertz CT molecular complexity index is 968. The molecule has 1 aliphatic heterocycles. The monoisotopic (exact) mass is 390 g/mol. The molecule has 1 amide bonds. The lowest BCUT2D eigenvalue weighted by Crippen LogP contribution is -2.11. The van der Waals surface area contributed by atoms with Crippen LogP contribution in [0.25, 0.3) is 11.4 Å². The molecule has 134 valence electrons.